The summed E-state index contributed by atoms with van der Waals surface area (Å²) in [5.41, 5.74) is 4.49. The number of aliphatic hydroxyl groups excluding tert-OH is 1. The number of benzene rings is 2. The Morgan fingerprint density at radius 1 is 1.00 bits per heavy atom. The van der Waals surface area contributed by atoms with Crippen LogP contribution in [0.2, 0.25) is 0 Å². The van der Waals surface area contributed by atoms with Gasteiger partial charge in [0, 0.05) is 6.42 Å². The second kappa shape index (κ2) is 9.28. The van der Waals surface area contributed by atoms with E-state index in [-0.39, 0.29) is 13.0 Å². The fraction of sp³-hybridized carbons (Fsp3) is 0.263. The number of nitrogens with two attached hydrogens (primary N) is 1. The van der Waals surface area contributed by atoms with Crippen LogP contribution in [0.25, 0.3) is 0 Å². The summed E-state index contributed by atoms with van der Waals surface area (Å²) in [6, 6.07) is 13.3. The Kier molecular flexibility index (Phi) is 7.05. The van der Waals surface area contributed by atoms with E-state index < -0.39 is 36.3 Å². The van der Waals surface area contributed by atoms with Crippen molar-refractivity contribution in [2.45, 2.75) is 24.9 Å². The third-order valence-corrected chi connectivity index (χ3v) is 3.96. The molecule has 2 aromatic rings. The number of nitrogens with one attached hydrogen (secondary N) is 1. The van der Waals surface area contributed by atoms with E-state index in [1.54, 1.807) is 30.3 Å². The second-order valence-electron chi connectivity index (χ2n) is 6.16. The van der Waals surface area contributed by atoms with Crippen molar-refractivity contribution in [2.24, 2.45) is 5.73 Å². The summed E-state index contributed by atoms with van der Waals surface area (Å²) >= 11 is 0. The maximum Gasteiger partial charge on any atom is 0.573 e. The molecule has 0 aliphatic heterocycles. The van der Waals surface area contributed by atoms with Crippen molar-refractivity contribution in [3.8, 4) is 5.75 Å². The maximum atomic E-state index is 12.2. The molecule has 156 valence electrons. The van der Waals surface area contributed by atoms with Gasteiger partial charge in [0.25, 0.3) is 0 Å². The van der Waals surface area contributed by atoms with Gasteiger partial charge in [0.2, 0.25) is 5.91 Å². The summed E-state index contributed by atoms with van der Waals surface area (Å²) in [5.74, 6) is -1.49. The van der Waals surface area contributed by atoms with Crippen molar-refractivity contribution in [3.05, 3.63) is 65.7 Å². The first-order valence-corrected chi connectivity index (χ1v) is 8.38. The van der Waals surface area contributed by atoms with Gasteiger partial charge in [-0.1, -0.05) is 42.5 Å². The van der Waals surface area contributed by atoms with Gasteiger partial charge < -0.3 is 25.6 Å². The van der Waals surface area contributed by atoms with E-state index in [1.165, 1.54) is 12.1 Å². The van der Waals surface area contributed by atoms with Crippen LogP contribution in [0.3, 0.4) is 0 Å². The Morgan fingerprint density at radius 3 is 2.14 bits per heavy atom. The van der Waals surface area contributed by atoms with Crippen molar-refractivity contribution < 1.29 is 37.3 Å². The topological polar surface area (TPSA) is 111 Å². The van der Waals surface area contributed by atoms with E-state index in [9.17, 15) is 27.9 Å². The molecule has 0 saturated carbocycles. The van der Waals surface area contributed by atoms with Crippen LogP contribution in [0.1, 0.15) is 11.1 Å². The zero-order chi connectivity index (χ0) is 21.5. The first-order chi connectivity index (χ1) is 13.6. The van der Waals surface area contributed by atoms with E-state index in [1.807, 2.05) is 0 Å². The molecular formula is C19H19F3N2O5. The van der Waals surface area contributed by atoms with Crippen molar-refractivity contribution >= 4 is 12.0 Å². The van der Waals surface area contributed by atoms with E-state index in [0.29, 0.717) is 11.1 Å². The standard InChI is InChI=1S/C19H19F3N2O5/c20-19(21,22)29-15-8-6-13(7-9-15)10-18(12-25,16(23)26)24-17(27)28-11-14-4-2-1-3-5-14/h1-9,25H,10-12H2,(H2,23,26)(H,24,27)/t18-/m1/s1. The summed E-state index contributed by atoms with van der Waals surface area (Å²) in [6.07, 6.45) is -6.10. The summed E-state index contributed by atoms with van der Waals surface area (Å²) in [4.78, 5) is 24.0. The average Bonchev–Trinajstić information content (AvgIpc) is 2.67. The SMILES string of the molecule is NC(=O)[C@](CO)(Cc1ccc(OC(F)(F)F)cc1)NC(=O)OCc1ccccc1. The largest absolute Gasteiger partial charge is 0.573 e. The number of carbonyl (C=O) groups excluding carboxylic acids is 2. The van der Waals surface area contributed by atoms with Gasteiger partial charge in [0.1, 0.15) is 17.9 Å². The van der Waals surface area contributed by atoms with E-state index in [2.05, 4.69) is 10.1 Å². The van der Waals surface area contributed by atoms with Gasteiger partial charge in [-0.3, -0.25) is 4.79 Å². The Bertz CT molecular complexity index is 828. The number of aliphatic hydroxyl groups is 1. The summed E-state index contributed by atoms with van der Waals surface area (Å²) < 4.78 is 45.5. The molecule has 0 aromatic heterocycles. The van der Waals surface area contributed by atoms with Crippen LogP contribution >= 0.6 is 0 Å². The van der Waals surface area contributed by atoms with E-state index >= 15 is 0 Å². The third kappa shape index (κ3) is 6.68. The van der Waals surface area contributed by atoms with Crippen molar-refractivity contribution in [3.63, 3.8) is 0 Å². The lowest BCUT2D eigenvalue weighted by molar-refractivity contribution is -0.274. The quantitative estimate of drug-likeness (QED) is 0.616. The molecule has 10 heteroatoms. The summed E-state index contributed by atoms with van der Waals surface area (Å²) in [7, 11) is 0. The number of hydrogen-bond acceptors (Lipinski definition) is 5. The molecule has 2 rings (SSSR count). The minimum Gasteiger partial charge on any atom is -0.445 e. The molecular weight excluding hydrogens is 393 g/mol. The highest BCUT2D eigenvalue weighted by atomic mass is 19.4. The van der Waals surface area contributed by atoms with Gasteiger partial charge in [-0.15, -0.1) is 13.2 Å². The number of rotatable bonds is 8. The lowest BCUT2D eigenvalue weighted by Crippen LogP contribution is -2.61. The average molecular weight is 412 g/mol. The van der Waals surface area contributed by atoms with Gasteiger partial charge in [0.15, 0.2) is 0 Å². The number of hydrogen-bond donors (Lipinski definition) is 3. The van der Waals surface area contributed by atoms with Gasteiger partial charge in [0.05, 0.1) is 6.61 Å². The third-order valence-electron chi connectivity index (χ3n) is 3.96. The van der Waals surface area contributed by atoms with Crippen LogP contribution in [0.15, 0.2) is 54.6 Å². The number of halogens is 3. The van der Waals surface area contributed by atoms with Crippen LogP contribution in [0, 0.1) is 0 Å². The molecule has 4 N–H and O–H groups in total. The molecule has 0 spiro atoms. The summed E-state index contributed by atoms with van der Waals surface area (Å²) in [5, 5.41) is 12.0. The Hall–Kier alpha value is -3.27. The molecule has 0 aliphatic rings. The van der Waals surface area contributed by atoms with Crippen LogP contribution < -0.4 is 15.8 Å². The lowest BCUT2D eigenvalue weighted by Gasteiger charge is -2.29. The number of primary amides is 1. The molecule has 0 radical (unpaired) electrons. The minimum atomic E-state index is -4.84. The Morgan fingerprint density at radius 2 is 1.62 bits per heavy atom. The van der Waals surface area contributed by atoms with Crippen LogP contribution in [0.4, 0.5) is 18.0 Å². The molecule has 0 unspecified atom stereocenters. The van der Waals surface area contributed by atoms with Crippen LogP contribution in [-0.2, 0) is 22.6 Å². The van der Waals surface area contributed by atoms with Crippen LogP contribution in [-0.4, -0.2) is 35.6 Å². The molecule has 0 heterocycles. The van der Waals surface area contributed by atoms with E-state index in [0.717, 1.165) is 12.1 Å². The van der Waals surface area contributed by atoms with Crippen molar-refractivity contribution in [2.75, 3.05) is 6.61 Å². The van der Waals surface area contributed by atoms with Crippen molar-refractivity contribution in [1.29, 1.82) is 0 Å². The predicted octanol–water partition coefficient (Wildman–Crippen LogP) is 2.27. The number of alkyl carbamates (subject to hydrolysis) is 1. The smallest absolute Gasteiger partial charge is 0.445 e. The number of amides is 2. The molecule has 2 amide bonds. The lowest BCUT2D eigenvalue weighted by atomic mass is 9.91. The zero-order valence-electron chi connectivity index (χ0n) is 15.1. The van der Waals surface area contributed by atoms with Crippen LogP contribution in [0.5, 0.6) is 5.75 Å². The second-order valence-corrected chi connectivity index (χ2v) is 6.16. The Labute approximate surface area is 164 Å². The first-order valence-electron chi connectivity index (χ1n) is 8.38. The first kappa shape index (κ1) is 22.0. The van der Waals surface area contributed by atoms with Gasteiger partial charge in [-0.2, -0.15) is 0 Å². The molecule has 2 aromatic carbocycles. The van der Waals surface area contributed by atoms with Gasteiger partial charge in [-0.25, -0.2) is 4.79 Å². The monoisotopic (exact) mass is 412 g/mol. The fourth-order valence-electron chi connectivity index (χ4n) is 2.48. The molecule has 1 atom stereocenters. The Balaban J connectivity index is 2.07. The number of carbonyl (C=O) groups is 2. The molecule has 0 saturated heterocycles. The van der Waals surface area contributed by atoms with E-state index in [4.69, 9.17) is 10.5 Å². The highest BCUT2D eigenvalue weighted by Crippen LogP contribution is 2.24. The molecule has 7 nitrogen and oxygen atoms in total. The molecule has 0 bridgehead atoms. The maximum absolute atomic E-state index is 12.2. The fourth-order valence-corrected chi connectivity index (χ4v) is 2.48. The number of ether oxygens (including phenoxy) is 2. The molecule has 29 heavy (non-hydrogen) atoms. The van der Waals surface area contributed by atoms with Gasteiger partial charge >= 0.3 is 12.5 Å². The normalized spacial score (nSPS) is 13.2. The number of alkyl halides is 3. The highest BCUT2D eigenvalue weighted by Gasteiger charge is 2.39. The molecule has 0 fully saturated rings. The predicted molar refractivity (Wildman–Crippen MR) is 95.6 cm³/mol. The minimum absolute atomic E-state index is 0.0730. The zero-order valence-corrected chi connectivity index (χ0v) is 15.1. The summed E-state index contributed by atoms with van der Waals surface area (Å²) in [6.45, 7) is -0.917. The molecule has 0 aliphatic carbocycles. The van der Waals surface area contributed by atoms with Crippen molar-refractivity contribution in [1.82, 2.24) is 5.32 Å². The van der Waals surface area contributed by atoms with Gasteiger partial charge in [-0.05, 0) is 23.3 Å². The highest BCUT2D eigenvalue weighted by molar-refractivity contribution is 5.89.